The fourth-order valence-electron chi connectivity index (χ4n) is 5.34. The summed E-state index contributed by atoms with van der Waals surface area (Å²) in [7, 11) is 0. The molecule has 3 aromatic rings. The van der Waals surface area contributed by atoms with Gasteiger partial charge in [0.2, 0.25) is 0 Å². The SMILES string of the molecule is CC1CCC(C2=C(c3cc(-c4ccccc4)sc3C(=O)O)CCN(C(=O)c3cnccn3)C2)CC1. The van der Waals surface area contributed by atoms with E-state index in [-0.39, 0.29) is 5.91 Å². The molecule has 1 aliphatic heterocycles. The molecule has 7 heteroatoms. The Labute approximate surface area is 209 Å². The summed E-state index contributed by atoms with van der Waals surface area (Å²) in [6.07, 6.45) is 9.71. The van der Waals surface area contributed by atoms with Crippen LogP contribution in [-0.4, -0.2) is 44.9 Å². The number of thiophene rings is 1. The molecule has 3 heterocycles. The molecule has 1 aromatic carbocycles. The number of carboxylic acid groups (broad SMARTS) is 1. The predicted molar refractivity (Wildman–Crippen MR) is 137 cm³/mol. The zero-order chi connectivity index (χ0) is 24.4. The van der Waals surface area contributed by atoms with Crippen LogP contribution in [-0.2, 0) is 0 Å². The minimum Gasteiger partial charge on any atom is -0.477 e. The minimum atomic E-state index is -0.894. The van der Waals surface area contributed by atoms with Crippen LogP contribution >= 0.6 is 11.3 Å². The Morgan fingerprint density at radius 3 is 2.54 bits per heavy atom. The van der Waals surface area contributed by atoms with Crippen LogP contribution in [0.3, 0.4) is 0 Å². The molecule has 0 bridgehead atoms. The summed E-state index contributed by atoms with van der Waals surface area (Å²) in [5.41, 5.74) is 4.53. The molecule has 1 saturated carbocycles. The number of carbonyl (C=O) groups excluding carboxylic acids is 1. The van der Waals surface area contributed by atoms with Gasteiger partial charge in [0.1, 0.15) is 10.6 Å². The van der Waals surface area contributed by atoms with Gasteiger partial charge < -0.3 is 10.0 Å². The molecule has 2 aromatic heterocycles. The molecular weight excluding hydrogens is 458 g/mol. The molecular formula is C28H29N3O3S. The van der Waals surface area contributed by atoms with Gasteiger partial charge in [-0.1, -0.05) is 50.1 Å². The predicted octanol–water partition coefficient (Wildman–Crippen LogP) is 6.03. The van der Waals surface area contributed by atoms with E-state index in [1.165, 1.54) is 29.3 Å². The first kappa shape index (κ1) is 23.4. The van der Waals surface area contributed by atoms with E-state index in [0.29, 0.717) is 41.9 Å². The van der Waals surface area contributed by atoms with Gasteiger partial charge in [-0.2, -0.15) is 0 Å². The monoisotopic (exact) mass is 487 g/mol. The summed E-state index contributed by atoms with van der Waals surface area (Å²) in [6, 6.07) is 12.0. The number of carboxylic acids is 1. The molecule has 0 atom stereocenters. The second-order valence-corrected chi connectivity index (χ2v) is 10.6. The topological polar surface area (TPSA) is 83.4 Å². The van der Waals surface area contributed by atoms with Crippen molar-refractivity contribution in [3.05, 3.63) is 76.7 Å². The van der Waals surface area contributed by atoms with Gasteiger partial charge in [-0.3, -0.25) is 9.78 Å². The Morgan fingerprint density at radius 1 is 1.09 bits per heavy atom. The third-order valence-electron chi connectivity index (χ3n) is 7.27. The molecule has 1 aliphatic carbocycles. The lowest BCUT2D eigenvalue weighted by Crippen LogP contribution is -2.39. The largest absolute Gasteiger partial charge is 0.477 e. The first-order valence-corrected chi connectivity index (χ1v) is 13.0. The van der Waals surface area contributed by atoms with Crippen molar-refractivity contribution in [2.75, 3.05) is 13.1 Å². The van der Waals surface area contributed by atoms with Crippen molar-refractivity contribution in [2.24, 2.45) is 11.8 Å². The van der Waals surface area contributed by atoms with Crippen LogP contribution in [0, 0.1) is 11.8 Å². The summed E-state index contributed by atoms with van der Waals surface area (Å²) in [5, 5.41) is 10.1. The fraction of sp³-hybridized carbons (Fsp3) is 0.357. The van der Waals surface area contributed by atoms with Crippen molar-refractivity contribution in [3.8, 4) is 10.4 Å². The average Bonchev–Trinajstić information content (AvgIpc) is 3.35. The number of aromatic carboxylic acids is 1. The number of carbonyl (C=O) groups is 2. The van der Waals surface area contributed by atoms with Crippen LogP contribution in [0.2, 0.25) is 0 Å². The zero-order valence-electron chi connectivity index (χ0n) is 19.8. The van der Waals surface area contributed by atoms with Gasteiger partial charge in [0, 0.05) is 35.9 Å². The lowest BCUT2D eigenvalue weighted by Gasteiger charge is -2.37. The van der Waals surface area contributed by atoms with Gasteiger partial charge in [-0.25, -0.2) is 9.78 Å². The standard InChI is InChI=1S/C28H29N3O3S/c1-18-7-9-19(10-8-18)23-17-31(27(32)24-16-29-12-13-30-24)14-11-21(23)22-15-25(35-26(22)28(33)34)20-5-3-2-4-6-20/h2-6,12-13,15-16,18-19H,7-11,14,17H2,1H3,(H,33,34). The Bertz CT molecular complexity index is 1240. The second-order valence-electron chi connectivity index (χ2n) is 9.55. The molecule has 0 unspecified atom stereocenters. The molecule has 0 radical (unpaired) electrons. The third-order valence-corrected chi connectivity index (χ3v) is 8.44. The van der Waals surface area contributed by atoms with Crippen LogP contribution in [0.15, 0.2) is 60.6 Å². The Morgan fingerprint density at radius 2 is 1.86 bits per heavy atom. The van der Waals surface area contributed by atoms with Gasteiger partial charge in [0.15, 0.2) is 0 Å². The molecule has 5 rings (SSSR count). The van der Waals surface area contributed by atoms with E-state index in [1.807, 2.05) is 41.3 Å². The number of hydrogen-bond donors (Lipinski definition) is 1. The number of hydrogen-bond acceptors (Lipinski definition) is 5. The van der Waals surface area contributed by atoms with E-state index < -0.39 is 5.97 Å². The van der Waals surface area contributed by atoms with Crippen molar-refractivity contribution in [2.45, 2.75) is 39.0 Å². The molecule has 0 spiro atoms. The average molecular weight is 488 g/mol. The quantitative estimate of drug-likeness (QED) is 0.475. The van der Waals surface area contributed by atoms with Crippen LogP contribution in [0.1, 0.15) is 64.8 Å². The summed E-state index contributed by atoms with van der Waals surface area (Å²) >= 11 is 1.33. The van der Waals surface area contributed by atoms with E-state index in [2.05, 4.69) is 16.9 Å². The van der Waals surface area contributed by atoms with Crippen LogP contribution in [0.25, 0.3) is 16.0 Å². The van der Waals surface area contributed by atoms with Gasteiger partial charge >= 0.3 is 5.97 Å². The van der Waals surface area contributed by atoms with Crippen molar-refractivity contribution >= 4 is 28.8 Å². The maximum absolute atomic E-state index is 13.2. The molecule has 0 saturated heterocycles. The van der Waals surface area contributed by atoms with E-state index >= 15 is 0 Å². The molecule has 1 N–H and O–H groups in total. The molecule has 2 aliphatic rings. The number of aromatic nitrogens is 2. The van der Waals surface area contributed by atoms with Gasteiger partial charge in [-0.15, -0.1) is 11.3 Å². The molecule has 35 heavy (non-hydrogen) atoms. The van der Waals surface area contributed by atoms with Crippen molar-refractivity contribution < 1.29 is 14.7 Å². The molecule has 6 nitrogen and oxygen atoms in total. The first-order chi connectivity index (χ1) is 17.0. The van der Waals surface area contributed by atoms with Crippen molar-refractivity contribution in [1.29, 1.82) is 0 Å². The summed E-state index contributed by atoms with van der Waals surface area (Å²) in [6.45, 7) is 3.34. The van der Waals surface area contributed by atoms with E-state index in [4.69, 9.17) is 0 Å². The van der Waals surface area contributed by atoms with Crippen molar-refractivity contribution in [1.82, 2.24) is 14.9 Å². The summed E-state index contributed by atoms with van der Waals surface area (Å²) in [4.78, 5) is 37.0. The van der Waals surface area contributed by atoms with E-state index in [0.717, 1.165) is 47.3 Å². The fourth-order valence-corrected chi connectivity index (χ4v) is 6.37. The maximum Gasteiger partial charge on any atom is 0.346 e. The highest BCUT2D eigenvalue weighted by Gasteiger charge is 2.33. The maximum atomic E-state index is 13.2. The highest BCUT2D eigenvalue weighted by molar-refractivity contribution is 7.17. The number of rotatable bonds is 5. The highest BCUT2D eigenvalue weighted by atomic mass is 32.1. The van der Waals surface area contributed by atoms with Crippen LogP contribution < -0.4 is 0 Å². The summed E-state index contributed by atoms with van der Waals surface area (Å²) < 4.78 is 0. The molecule has 1 amide bonds. The number of nitrogens with zero attached hydrogens (tertiary/aromatic N) is 3. The Kier molecular flexibility index (Phi) is 6.77. The normalized spacial score (nSPS) is 20.7. The minimum absolute atomic E-state index is 0.118. The lowest BCUT2D eigenvalue weighted by atomic mass is 9.75. The number of amides is 1. The van der Waals surface area contributed by atoms with E-state index in [1.54, 1.807) is 6.20 Å². The molecule has 1 fully saturated rings. The summed E-state index contributed by atoms with van der Waals surface area (Å²) in [5.74, 6) is 0.0546. The Balaban J connectivity index is 1.56. The van der Waals surface area contributed by atoms with Crippen LogP contribution in [0.4, 0.5) is 0 Å². The lowest BCUT2D eigenvalue weighted by molar-refractivity contribution is 0.0699. The molecule has 180 valence electrons. The zero-order valence-corrected chi connectivity index (χ0v) is 20.6. The third kappa shape index (κ3) is 4.91. The van der Waals surface area contributed by atoms with Gasteiger partial charge in [0.25, 0.3) is 5.91 Å². The van der Waals surface area contributed by atoms with Crippen molar-refractivity contribution in [3.63, 3.8) is 0 Å². The smallest absolute Gasteiger partial charge is 0.346 e. The highest BCUT2D eigenvalue weighted by Crippen LogP contribution is 2.43. The number of benzene rings is 1. The first-order valence-electron chi connectivity index (χ1n) is 12.2. The van der Waals surface area contributed by atoms with E-state index in [9.17, 15) is 14.7 Å². The van der Waals surface area contributed by atoms with Crippen LogP contribution in [0.5, 0.6) is 0 Å². The Hall–Kier alpha value is -3.32. The second kappa shape index (κ2) is 10.1. The van der Waals surface area contributed by atoms with Gasteiger partial charge in [0.05, 0.1) is 6.20 Å². The van der Waals surface area contributed by atoms with Gasteiger partial charge in [-0.05, 0) is 53.9 Å².